The highest BCUT2D eigenvalue weighted by molar-refractivity contribution is 5.73. The van der Waals surface area contributed by atoms with Crippen LogP contribution in [0.5, 0.6) is 0 Å². The van der Waals surface area contributed by atoms with E-state index in [1.54, 1.807) is 0 Å². The van der Waals surface area contributed by atoms with Gasteiger partial charge in [0.05, 0.1) is 0 Å². The monoisotopic (exact) mass is 178 g/mol. The van der Waals surface area contributed by atoms with Crippen LogP contribution in [0, 0.1) is 0 Å². The average molecular weight is 178 g/mol. The number of para-hydroxylation sites is 2. The molecule has 3 nitrogen and oxygen atoms in total. The van der Waals surface area contributed by atoms with Crippen LogP contribution in [0.25, 0.3) is 11.1 Å². The molecule has 70 valence electrons. The van der Waals surface area contributed by atoms with Crippen molar-refractivity contribution in [1.29, 1.82) is 0 Å². The highest BCUT2D eigenvalue weighted by Crippen LogP contribution is 2.14. The predicted octanol–water partition coefficient (Wildman–Crippen LogP) is 2.83. The fraction of sp³-hybridized carbons (Fsp3) is 0.300. The minimum atomic E-state index is 0.223. The molecule has 0 aliphatic rings. The van der Waals surface area contributed by atoms with Gasteiger partial charge in [-0.15, -0.1) is 0 Å². The number of hydrogen-bond acceptors (Lipinski definition) is 3. The fourth-order valence-corrected chi connectivity index (χ4v) is 0.890. The van der Waals surface area contributed by atoms with Crippen molar-refractivity contribution in [2.75, 3.05) is 5.73 Å². The van der Waals surface area contributed by atoms with Gasteiger partial charge in [0, 0.05) is 0 Å². The highest BCUT2D eigenvalue weighted by Gasteiger charge is 1.97. The zero-order valence-electron chi connectivity index (χ0n) is 7.95. The SMILES string of the molecule is CCC.Nc1nc2ccccc2o1. The number of nitrogens with zero attached hydrogens (tertiary/aromatic N) is 1. The van der Waals surface area contributed by atoms with E-state index in [1.165, 1.54) is 6.42 Å². The van der Waals surface area contributed by atoms with E-state index in [0.717, 1.165) is 11.1 Å². The molecule has 0 aliphatic heterocycles. The molecule has 0 fully saturated rings. The molecule has 2 rings (SSSR count). The molecular weight excluding hydrogens is 164 g/mol. The molecule has 0 saturated carbocycles. The summed E-state index contributed by atoms with van der Waals surface area (Å²) < 4.78 is 5.03. The summed E-state index contributed by atoms with van der Waals surface area (Å²) in [7, 11) is 0. The second-order valence-electron chi connectivity index (χ2n) is 2.73. The van der Waals surface area contributed by atoms with Crippen LogP contribution in [0.15, 0.2) is 28.7 Å². The number of nitrogen functional groups attached to an aromatic ring is 1. The Bertz CT molecular complexity index is 335. The number of anilines is 1. The number of fused-ring (bicyclic) bond motifs is 1. The van der Waals surface area contributed by atoms with E-state index < -0.39 is 0 Å². The second kappa shape index (κ2) is 4.50. The van der Waals surface area contributed by atoms with Crippen LogP contribution in [-0.2, 0) is 0 Å². The van der Waals surface area contributed by atoms with Crippen molar-refractivity contribution in [3.63, 3.8) is 0 Å². The van der Waals surface area contributed by atoms with Crippen molar-refractivity contribution < 1.29 is 4.42 Å². The van der Waals surface area contributed by atoms with Gasteiger partial charge in [-0.05, 0) is 12.1 Å². The van der Waals surface area contributed by atoms with Gasteiger partial charge < -0.3 is 10.2 Å². The fourth-order valence-electron chi connectivity index (χ4n) is 0.890. The van der Waals surface area contributed by atoms with Crippen molar-refractivity contribution in [3.05, 3.63) is 24.3 Å². The molecule has 2 aromatic rings. The molecule has 0 aliphatic carbocycles. The van der Waals surface area contributed by atoms with Crippen LogP contribution < -0.4 is 5.73 Å². The van der Waals surface area contributed by atoms with Crippen LogP contribution in [-0.4, -0.2) is 4.98 Å². The Morgan fingerprint density at radius 1 is 1.31 bits per heavy atom. The van der Waals surface area contributed by atoms with E-state index >= 15 is 0 Å². The normalized spacial score (nSPS) is 9.38. The Morgan fingerprint density at radius 2 is 1.92 bits per heavy atom. The first kappa shape index (κ1) is 9.58. The molecule has 0 radical (unpaired) electrons. The van der Waals surface area contributed by atoms with Crippen LogP contribution in [0.2, 0.25) is 0 Å². The maximum atomic E-state index is 5.31. The molecule has 0 atom stereocenters. The quantitative estimate of drug-likeness (QED) is 0.674. The molecule has 2 N–H and O–H groups in total. The molecule has 1 aromatic heterocycles. The van der Waals surface area contributed by atoms with Gasteiger partial charge in [-0.25, -0.2) is 0 Å². The number of aromatic nitrogens is 1. The van der Waals surface area contributed by atoms with Gasteiger partial charge in [0.15, 0.2) is 5.58 Å². The smallest absolute Gasteiger partial charge is 0.292 e. The number of hydrogen-bond donors (Lipinski definition) is 1. The van der Waals surface area contributed by atoms with Gasteiger partial charge in [0.1, 0.15) is 5.52 Å². The third-order valence-corrected chi connectivity index (χ3v) is 1.31. The molecule has 0 saturated heterocycles. The van der Waals surface area contributed by atoms with Gasteiger partial charge in [-0.1, -0.05) is 32.4 Å². The van der Waals surface area contributed by atoms with Crippen LogP contribution in [0.1, 0.15) is 20.3 Å². The Hall–Kier alpha value is -1.51. The van der Waals surface area contributed by atoms with Gasteiger partial charge >= 0.3 is 0 Å². The molecule has 13 heavy (non-hydrogen) atoms. The van der Waals surface area contributed by atoms with Crippen molar-refractivity contribution in [1.82, 2.24) is 4.98 Å². The molecule has 0 bridgehead atoms. The first-order valence-electron chi connectivity index (χ1n) is 4.39. The van der Waals surface area contributed by atoms with Gasteiger partial charge in [0.2, 0.25) is 0 Å². The van der Waals surface area contributed by atoms with E-state index in [9.17, 15) is 0 Å². The van der Waals surface area contributed by atoms with Crippen molar-refractivity contribution >= 4 is 17.1 Å². The van der Waals surface area contributed by atoms with E-state index in [1.807, 2.05) is 24.3 Å². The van der Waals surface area contributed by atoms with Crippen molar-refractivity contribution in [3.8, 4) is 0 Å². The maximum Gasteiger partial charge on any atom is 0.292 e. The zero-order chi connectivity index (χ0) is 9.68. The van der Waals surface area contributed by atoms with Crippen molar-refractivity contribution in [2.45, 2.75) is 20.3 Å². The van der Waals surface area contributed by atoms with E-state index in [2.05, 4.69) is 18.8 Å². The summed E-state index contributed by atoms with van der Waals surface area (Å²) in [5.41, 5.74) is 6.85. The zero-order valence-corrected chi connectivity index (χ0v) is 7.95. The number of rotatable bonds is 0. The third-order valence-electron chi connectivity index (χ3n) is 1.31. The third kappa shape index (κ3) is 2.47. The number of oxazole rings is 1. The first-order chi connectivity index (χ1) is 6.27. The van der Waals surface area contributed by atoms with E-state index in [0.29, 0.717) is 0 Å². The van der Waals surface area contributed by atoms with Crippen molar-refractivity contribution in [2.24, 2.45) is 0 Å². The van der Waals surface area contributed by atoms with Crippen LogP contribution in [0.4, 0.5) is 6.01 Å². The summed E-state index contributed by atoms with van der Waals surface area (Å²) in [4.78, 5) is 3.92. The molecule has 0 spiro atoms. The Morgan fingerprint density at radius 3 is 2.54 bits per heavy atom. The van der Waals surface area contributed by atoms with Crippen LogP contribution in [0.3, 0.4) is 0 Å². The summed E-state index contributed by atoms with van der Waals surface area (Å²) in [6.45, 7) is 4.25. The Kier molecular flexibility index (Phi) is 3.31. The number of nitrogens with two attached hydrogens (primary N) is 1. The summed E-state index contributed by atoms with van der Waals surface area (Å²) >= 11 is 0. The standard InChI is InChI=1S/C7H6N2O.C3H8/c8-7-9-5-3-1-2-4-6(5)10-7;1-3-2/h1-4H,(H2,8,9);3H2,1-2H3. The Balaban J connectivity index is 0.000000251. The lowest BCUT2D eigenvalue weighted by Gasteiger charge is -1.79. The minimum Gasteiger partial charge on any atom is -0.424 e. The highest BCUT2D eigenvalue weighted by atomic mass is 16.4. The van der Waals surface area contributed by atoms with Gasteiger partial charge in [0.25, 0.3) is 6.01 Å². The molecule has 0 amide bonds. The molecule has 1 heterocycles. The largest absolute Gasteiger partial charge is 0.424 e. The molecular formula is C10H14N2O. The average Bonchev–Trinajstić information content (AvgIpc) is 2.45. The lowest BCUT2D eigenvalue weighted by Crippen LogP contribution is -1.80. The summed E-state index contributed by atoms with van der Waals surface area (Å²) in [5.74, 6) is 0. The summed E-state index contributed by atoms with van der Waals surface area (Å²) in [6, 6.07) is 7.69. The lowest BCUT2D eigenvalue weighted by atomic mass is 10.3. The first-order valence-corrected chi connectivity index (χ1v) is 4.39. The lowest BCUT2D eigenvalue weighted by molar-refractivity contribution is 0.626. The maximum absolute atomic E-state index is 5.31. The van der Waals surface area contributed by atoms with Crippen LogP contribution >= 0.6 is 0 Å². The Labute approximate surface area is 77.6 Å². The second-order valence-corrected chi connectivity index (χ2v) is 2.73. The van der Waals surface area contributed by atoms with Gasteiger partial charge in [-0.3, -0.25) is 0 Å². The topological polar surface area (TPSA) is 52.0 Å². The molecule has 0 unspecified atom stereocenters. The number of benzene rings is 1. The van der Waals surface area contributed by atoms with E-state index in [4.69, 9.17) is 10.2 Å². The predicted molar refractivity (Wildman–Crippen MR) is 54.4 cm³/mol. The summed E-state index contributed by atoms with van der Waals surface area (Å²) in [5, 5.41) is 0. The summed E-state index contributed by atoms with van der Waals surface area (Å²) in [6.07, 6.45) is 1.25. The molecule has 3 heteroatoms. The van der Waals surface area contributed by atoms with E-state index in [-0.39, 0.29) is 6.01 Å². The molecule has 1 aromatic carbocycles. The van der Waals surface area contributed by atoms with Gasteiger partial charge in [-0.2, -0.15) is 4.98 Å². The minimum absolute atomic E-state index is 0.223.